The van der Waals surface area contributed by atoms with Gasteiger partial charge in [0, 0.05) is 6.04 Å². The average molecular weight is 235 g/mol. The van der Waals surface area contributed by atoms with Gasteiger partial charge in [-0.2, -0.15) is 0 Å². The third kappa shape index (κ3) is 1.72. The van der Waals surface area contributed by atoms with Crippen molar-refractivity contribution >= 4 is 0 Å². The first-order valence-electron chi connectivity index (χ1n) is 6.02. The van der Waals surface area contributed by atoms with Crippen molar-refractivity contribution in [3.05, 3.63) is 17.7 Å². The van der Waals surface area contributed by atoms with E-state index in [-0.39, 0.29) is 12.8 Å². The summed E-state index contributed by atoms with van der Waals surface area (Å²) >= 11 is 0. The number of rotatable bonds is 3. The molecule has 1 atom stereocenters. The van der Waals surface area contributed by atoms with Crippen molar-refractivity contribution in [2.24, 2.45) is 11.7 Å². The van der Waals surface area contributed by atoms with Gasteiger partial charge in [-0.15, -0.1) is 0 Å². The van der Waals surface area contributed by atoms with Crippen LogP contribution >= 0.6 is 0 Å². The molecule has 17 heavy (non-hydrogen) atoms. The number of hydrogen-bond donors (Lipinski definition) is 1. The summed E-state index contributed by atoms with van der Waals surface area (Å²) in [6.07, 6.45) is 3.73. The van der Waals surface area contributed by atoms with Crippen LogP contribution in [0.3, 0.4) is 0 Å². The molecule has 1 aromatic carbocycles. The minimum absolute atomic E-state index is 0.0761. The van der Waals surface area contributed by atoms with Gasteiger partial charge in [-0.3, -0.25) is 0 Å². The van der Waals surface area contributed by atoms with E-state index in [0.717, 1.165) is 11.3 Å². The van der Waals surface area contributed by atoms with E-state index in [9.17, 15) is 0 Å². The van der Waals surface area contributed by atoms with Crippen LogP contribution in [0.25, 0.3) is 0 Å². The normalized spacial score (nSPS) is 19.9. The van der Waals surface area contributed by atoms with Crippen LogP contribution in [-0.4, -0.2) is 13.9 Å². The molecule has 0 radical (unpaired) electrons. The summed E-state index contributed by atoms with van der Waals surface area (Å²) in [6, 6.07) is 4.02. The molecule has 1 saturated carbocycles. The van der Waals surface area contributed by atoms with Gasteiger partial charge in [-0.25, -0.2) is 0 Å². The van der Waals surface area contributed by atoms with Gasteiger partial charge in [-0.05, 0) is 36.5 Å². The third-order valence-electron chi connectivity index (χ3n) is 3.72. The maximum atomic E-state index is 6.27. The van der Waals surface area contributed by atoms with Crippen LogP contribution in [0.15, 0.2) is 12.1 Å². The van der Waals surface area contributed by atoms with Gasteiger partial charge < -0.3 is 19.9 Å². The monoisotopic (exact) mass is 235 g/mol. The summed E-state index contributed by atoms with van der Waals surface area (Å²) in [5.41, 5.74) is 7.35. The van der Waals surface area contributed by atoms with Gasteiger partial charge in [0.2, 0.25) is 12.5 Å². The molecule has 2 N–H and O–H groups in total. The van der Waals surface area contributed by atoms with Crippen LogP contribution < -0.4 is 19.9 Å². The summed E-state index contributed by atoms with van der Waals surface area (Å²) in [5, 5.41) is 0. The SMILES string of the molecule is COc1cc([C@H](N)C2CCC2)cc2c1OCO2. The maximum Gasteiger partial charge on any atom is 0.231 e. The van der Waals surface area contributed by atoms with Crippen LogP contribution in [-0.2, 0) is 0 Å². The molecule has 0 unspecified atom stereocenters. The lowest BCUT2D eigenvalue weighted by molar-refractivity contribution is 0.171. The number of benzene rings is 1. The summed E-state index contributed by atoms with van der Waals surface area (Å²) in [6.45, 7) is 0.258. The van der Waals surface area contributed by atoms with Crippen LogP contribution in [0.4, 0.5) is 0 Å². The van der Waals surface area contributed by atoms with Gasteiger partial charge in [0.1, 0.15) is 0 Å². The zero-order chi connectivity index (χ0) is 11.8. The molecule has 1 aliphatic carbocycles. The Morgan fingerprint density at radius 3 is 2.82 bits per heavy atom. The Bertz CT molecular complexity index is 429. The molecule has 0 amide bonds. The fourth-order valence-corrected chi connectivity index (χ4v) is 2.41. The van der Waals surface area contributed by atoms with Crippen molar-refractivity contribution in [1.82, 2.24) is 0 Å². The number of methoxy groups -OCH3 is 1. The molecule has 0 saturated heterocycles. The van der Waals surface area contributed by atoms with E-state index in [0.29, 0.717) is 17.4 Å². The molecule has 3 rings (SSSR count). The van der Waals surface area contributed by atoms with Crippen LogP contribution in [0, 0.1) is 5.92 Å². The molecule has 0 aromatic heterocycles. The first-order chi connectivity index (χ1) is 8.29. The molecule has 0 spiro atoms. The smallest absolute Gasteiger partial charge is 0.231 e. The Morgan fingerprint density at radius 2 is 2.18 bits per heavy atom. The molecule has 4 heteroatoms. The van der Waals surface area contributed by atoms with Crippen molar-refractivity contribution in [2.75, 3.05) is 13.9 Å². The number of nitrogens with two attached hydrogens (primary N) is 1. The Balaban J connectivity index is 1.94. The summed E-state index contributed by atoms with van der Waals surface area (Å²) in [5.74, 6) is 2.75. The molecule has 4 nitrogen and oxygen atoms in total. The second-order valence-corrected chi connectivity index (χ2v) is 4.67. The lowest BCUT2D eigenvalue weighted by Crippen LogP contribution is -2.26. The van der Waals surface area contributed by atoms with Crippen LogP contribution in [0.1, 0.15) is 30.9 Å². The highest BCUT2D eigenvalue weighted by Crippen LogP contribution is 2.45. The zero-order valence-corrected chi connectivity index (χ0v) is 9.94. The van der Waals surface area contributed by atoms with Crippen molar-refractivity contribution in [1.29, 1.82) is 0 Å². The highest BCUT2D eigenvalue weighted by atomic mass is 16.7. The fraction of sp³-hybridized carbons (Fsp3) is 0.538. The van der Waals surface area contributed by atoms with E-state index in [1.165, 1.54) is 19.3 Å². The topological polar surface area (TPSA) is 53.7 Å². The number of ether oxygens (including phenoxy) is 3. The van der Waals surface area contributed by atoms with Gasteiger partial charge in [0.25, 0.3) is 0 Å². The van der Waals surface area contributed by atoms with E-state index in [1.807, 2.05) is 12.1 Å². The number of hydrogen-bond acceptors (Lipinski definition) is 4. The van der Waals surface area contributed by atoms with E-state index in [1.54, 1.807) is 7.11 Å². The van der Waals surface area contributed by atoms with Gasteiger partial charge in [0.05, 0.1) is 7.11 Å². The zero-order valence-electron chi connectivity index (χ0n) is 9.94. The second-order valence-electron chi connectivity index (χ2n) is 4.67. The predicted octanol–water partition coefficient (Wildman–Crippen LogP) is 2.22. The van der Waals surface area contributed by atoms with Gasteiger partial charge in [0.15, 0.2) is 11.5 Å². The quantitative estimate of drug-likeness (QED) is 0.872. The molecule has 2 aliphatic rings. The van der Waals surface area contributed by atoms with E-state index in [2.05, 4.69) is 0 Å². The molecular formula is C13H17NO3. The first kappa shape index (κ1) is 10.7. The molecule has 1 fully saturated rings. The third-order valence-corrected chi connectivity index (χ3v) is 3.72. The Morgan fingerprint density at radius 1 is 1.35 bits per heavy atom. The van der Waals surface area contributed by atoms with Crippen molar-refractivity contribution in [3.63, 3.8) is 0 Å². The second kappa shape index (κ2) is 4.11. The molecule has 1 heterocycles. The van der Waals surface area contributed by atoms with Gasteiger partial charge >= 0.3 is 0 Å². The van der Waals surface area contributed by atoms with Gasteiger partial charge in [-0.1, -0.05) is 6.42 Å². The summed E-state index contributed by atoms with van der Waals surface area (Å²) < 4.78 is 16.1. The lowest BCUT2D eigenvalue weighted by Gasteiger charge is -2.31. The molecule has 0 bridgehead atoms. The standard InChI is InChI=1S/C13H17NO3/c1-15-10-5-9(12(14)8-3-2-4-8)6-11-13(10)17-7-16-11/h5-6,8,12H,2-4,7,14H2,1H3/t12-/m1/s1. The lowest BCUT2D eigenvalue weighted by atomic mass is 9.77. The molecule has 1 aromatic rings. The average Bonchev–Trinajstić information content (AvgIpc) is 2.73. The maximum absolute atomic E-state index is 6.27. The highest BCUT2D eigenvalue weighted by molar-refractivity contribution is 5.55. The number of fused-ring (bicyclic) bond motifs is 1. The minimum Gasteiger partial charge on any atom is -0.493 e. The molecular weight excluding hydrogens is 218 g/mol. The van der Waals surface area contributed by atoms with E-state index < -0.39 is 0 Å². The van der Waals surface area contributed by atoms with Crippen LogP contribution in [0.2, 0.25) is 0 Å². The highest BCUT2D eigenvalue weighted by Gasteiger charge is 2.28. The van der Waals surface area contributed by atoms with Crippen molar-refractivity contribution < 1.29 is 14.2 Å². The van der Waals surface area contributed by atoms with Crippen molar-refractivity contribution in [3.8, 4) is 17.2 Å². The molecule has 92 valence electrons. The van der Waals surface area contributed by atoms with E-state index in [4.69, 9.17) is 19.9 Å². The summed E-state index contributed by atoms with van der Waals surface area (Å²) in [7, 11) is 1.63. The predicted molar refractivity (Wildman–Crippen MR) is 63.4 cm³/mol. The van der Waals surface area contributed by atoms with E-state index >= 15 is 0 Å². The van der Waals surface area contributed by atoms with Crippen molar-refractivity contribution in [2.45, 2.75) is 25.3 Å². The molecule has 1 aliphatic heterocycles. The Labute approximate surface area is 101 Å². The summed E-state index contributed by atoms with van der Waals surface area (Å²) in [4.78, 5) is 0. The van der Waals surface area contributed by atoms with Crippen LogP contribution in [0.5, 0.6) is 17.2 Å². The fourth-order valence-electron chi connectivity index (χ4n) is 2.41. The Kier molecular flexibility index (Phi) is 2.59. The first-order valence-corrected chi connectivity index (χ1v) is 6.02. The minimum atomic E-state index is 0.0761. The largest absolute Gasteiger partial charge is 0.493 e. The Hall–Kier alpha value is -1.42.